The molecule has 2 aromatic rings. The monoisotopic (exact) mass is 261 g/mol. The van der Waals surface area contributed by atoms with Gasteiger partial charge in [0, 0.05) is 5.69 Å². The molecule has 1 N–H and O–H groups in total. The molecule has 94 valence electrons. The molecule has 0 aliphatic rings. The summed E-state index contributed by atoms with van der Waals surface area (Å²) >= 11 is 0. The Balaban J connectivity index is 2.10. The lowest BCUT2D eigenvalue weighted by Gasteiger charge is -2.08. The highest BCUT2D eigenvalue weighted by Crippen LogP contribution is 2.13. The van der Waals surface area contributed by atoms with Gasteiger partial charge in [0.2, 0.25) is 10.0 Å². The fraction of sp³-hybridized carbons (Fsp3) is 0.143. The number of nitrogens with one attached hydrogen (secondary N) is 1. The quantitative estimate of drug-likeness (QED) is 0.919. The molecule has 0 fully saturated rings. The van der Waals surface area contributed by atoms with Gasteiger partial charge in [-0.3, -0.25) is 4.72 Å². The van der Waals surface area contributed by atoms with Crippen LogP contribution in [0, 0.1) is 6.92 Å². The Bertz CT molecular complexity index is 604. The normalized spacial score (nSPS) is 11.2. The Hall–Kier alpha value is -1.81. The first-order valence-electron chi connectivity index (χ1n) is 5.66. The molecular weight excluding hydrogens is 246 g/mol. The topological polar surface area (TPSA) is 46.2 Å². The molecule has 0 aliphatic heterocycles. The van der Waals surface area contributed by atoms with E-state index in [-0.39, 0.29) is 5.75 Å². The molecule has 0 spiro atoms. The maximum absolute atomic E-state index is 11.9. The van der Waals surface area contributed by atoms with Crippen LogP contribution in [0.4, 0.5) is 5.69 Å². The number of hydrogen-bond donors (Lipinski definition) is 1. The van der Waals surface area contributed by atoms with Crippen LogP contribution >= 0.6 is 0 Å². The van der Waals surface area contributed by atoms with E-state index in [1.54, 1.807) is 24.3 Å². The van der Waals surface area contributed by atoms with E-state index in [1.807, 2.05) is 37.3 Å². The van der Waals surface area contributed by atoms with E-state index >= 15 is 0 Å². The van der Waals surface area contributed by atoms with Crippen molar-refractivity contribution in [2.24, 2.45) is 0 Å². The second kappa shape index (κ2) is 5.23. The number of anilines is 1. The Morgan fingerprint density at radius 2 is 1.56 bits per heavy atom. The molecule has 4 heteroatoms. The molecule has 2 rings (SSSR count). The number of rotatable bonds is 4. The summed E-state index contributed by atoms with van der Waals surface area (Å²) in [6.07, 6.45) is 0. The van der Waals surface area contributed by atoms with E-state index in [0.717, 1.165) is 11.1 Å². The first-order chi connectivity index (χ1) is 8.55. The molecule has 0 saturated heterocycles. The fourth-order valence-electron chi connectivity index (χ4n) is 1.63. The summed E-state index contributed by atoms with van der Waals surface area (Å²) in [7, 11) is -3.35. The Morgan fingerprint density at radius 3 is 2.17 bits per heavy atom. The molecule has 0 aliphatic carbocycles. The average molecular weight is 261 g/mol. The highest BCUT2D eigenvalue weighted by molar-refractivity contribution is 7.91. The van der Waals surface area contributed by atoms with Gasteiger partial charge in [0.05, 0.1) is 5.75 Å². The molecule has 0 amide bonds. The van der Waals surface area contributed by atoms with E-state index in [2.05, 4.69) is 4.72 Å². The highest BCUT2D eigenvalue weighted by Gasteiger charge is 2.11. The number of hydrogen-bond acceptors (Lipinski definition) is 2. The van der Waals surface area contributed by atoms with Crippen LogP contribution in [0.2, 0.25) is 0 Å². The van der Waals surface area contributed by atoms with Crippen molar-refractivity contribution < 1.29 is 8.42 Å². The zero-order chi connectivity index (χ0) is 13.0. The summed E-state index contributed by atoms with van der Waals surface area (Å²) in [4.78, 5) is 0. The second-order valence-electron chi connectivity index (χ2n) is 4.21. The smallest absolute Gasteiger partial charge is 0.236 e. The summed E-state index contributed by atoms with van der Waals surface area (Å²) in [5, 5.41) is 0. The van der Waals surface area contributed by atoms with Gasteiger partial charge < -0.3 is 0 Å². The van der Waals surface area contributed by atoms with Crippen LogP contribution in [0.1, 0.15) is 11.1 Å². The van der Waals surface area contributed by atoms with Crippen LogP contribution in [-0.4, -0.2) is 8.42 Å². The van der Waals surface area contributed by atoms with Crippen molar-refractivity contribution in [1.29, 1.82) is 0 Å². The molecule has 0 heterocycles. The predicted molar refractivity (Wildman–Crippen MR) is 73.9 cm³/mol. The zero-order valence-electron chi connectivity index (χ0n) is 10.1. The van der Waals surface area contributed by atoms with Crippen LogP contribution in [0.3, 0.4) is 0 Å². The van der Waals surface area contributed by atoms with Gasteiger partial charge in [0.15, 0.2) is 0 Å². The second-order valence-corrected chi connectivity index (χ2v) is 5.94. The maximum atomic E-state index is 11.9. The maximum Gasteiger partial charge on any atom is 0.236 e. The Kier molecular flexibility index (Phi) is 3.67. The third-order valence-electron chi connectivity index (χ3n) is 2.52. The van der Waals surface area contributed by atoms with Gasteiger partial charge in [-0.15, -0.1) is 0 Å². The van der Waals surface area contributed by atoms with Crippen LogP contribution in [0.5, 0.6) is 0 Å². The number of sulfonamides is 1. The molecular formula is C14H15NO2S. The molecule has 0 atom stereocenters. The largest absolute Gasteiger partial charge is 0.283 e. The van der Waals surface area contributed by atoms with Gasteiger partial charge in [-0.25, -0.2) is 8.42 Å². The zero-order valence-corrected chi connectivity index (χ0v) is 10.9. The van der Waals surface area contributed by atoms with E-state index in [9.17, 15) is 8.42 Å². The van der Waals surface area contributed by atoms with Gasteiger partial charge in [-0.2, -0.15) is 0 Å². The first kappa shape index (κ1) is 12.6. The minimum absolute atomic E-state index is 0.0122. The summed E-state index contributed by atoms with van der Waals surface area (Å²) in [6.45, 7) is 1.96. The molecule has 0 saturated carbocycles. The van der Waals surface area contributed by atoms with Gasteiger partial charge in [-0.05, 0) is 24.6 Å². The lowest BCUT2D eigenvalue weighted by atomic mass is 10.2. The van der Waals surface area contributed by atoms with Crippen LogP contribution in [-0.2, 0) is 15.8 Å². The molecule has 0 unspecified atom stereocenters. The lowest BCUT2D eigenvalue weighted by Crippen LogP contribution is -2.14. The highest BCUT2D eigenvalue weighted by atomic mass is 32.2. The summed E-state index contributed by atoms with van der Waals surface area (Å²) in [5.41, 5.74) is 2.47. The first-order valence-corrected chi connectivity index (χ1v) is 7.31. The fourth-order valence-corrected chi connectivity index (χ4v) is 2.83. The SMILES string of the molecule is Cc1ccc(NS(=O)(=O)Cc2ccccc2)cc1. The number of benzene rings is 2. The lowest BCUT2D eigenvalue weighted by molar-refractivity contribution is 0.600. The van der Waals surface area contributed by atoms with E-state index in [1.165, 1.54) is 0 Å². The van der Waals surface area contributed by atoms with Crippen LogP contribution < -0.4 is 4.72 Å². The van der Waals surface area contributed by atoms with E-state index < -0.39 is 10.0 Å². The molecule has 0 bridgehead atoms. The van der Waals surface area contributed by atoms with Crippen molar-refractivity contribution in [3.8, 4) is 0 Å². The Labute approximate surface area is 108 Å². The predicted octanol–water partition coefficient (Wildman–Crippen LogP) is 2.94. The van der Waals surface area contributed by atoms with Crippen LogP contribution in [0.25, 0.3) is 0 Å². The van der Waals surface area contributed by atoms with Crippen molar-refractivity contribution in [1.82, 2.24) is 0 Å². The Morgan fingerprint density at radius 1 is 0.944 bits per heavy atom. The van der Waals surface area contributed by atoms with Gasteiger partial charge in [0.1, 0.15) is 0 Å². The molecule has 3 nitrogen and oxygen atoms in total. The molecule has 0 aromatic heterocycles. The van der Waals surface area contributed by atoms with Gasteiger partial charge in [-0.1, -0.05) is 48.0 Å². The minimum atomic E-state index is -3.35. The molecule has 2 aromatic carbocycles. The third kappa shape index (κ3) is 3.60. The van der Waals surface area contributed by atoms with Gasteiger partial charge >= 0.3 is 0 Å². The molecule has 0 radical (unpaired) electrons. The molecule has 18 heavy (non-hydrogen) atoms. The summed E-state index contributed by atoms with van der Waals surface area (Å²) in [5.74, 6) is -0.0122. The minimum Gasteiger partial charge on any atom is -0.283 e. The van der Waals surface area contributed by atoms with E-state index in [4.69, 9.17) is 0 Å². The third-order valence-corrected chi connectivity index (χ3v) is 3.78. The van der Waals surface area contributed by atoms with Crippen molar-refractivity contribution in [2.45, 2.75) is 12.7 Å². The van der Waals surface area contributed by atoms with Gasteiger partial charge in [0.25, 0.3) is 0 Å². The number of aryl methyl sites for hydroxylation is 1. The van der Waals surface area contributed by atoms with E-state index in [0.29, 0.717) is 5.69 Å². The van der Waals surface area contributed by atoms with Crippen molar-refractivity contribution in [3.63, 3.8) is 0 Å². The van der Waals surface area contributed by atoms with Crippen molar-refractivity contribution in [3.05, 3.63) is 65.7 Å². The van der Waals surface area contributed by atoms with Crippen molar-refractivity contribution in [2.75, 3.05) is 4.72 Å². The average Bonchev–Trinajstić information content (AvgIpc) is 2.32. The standard InChI is InChI=1S/C14H15NO2S/c1-12-7-9-14(10-8-12)15-18(16,17)11-13-5-3-2-4-6-13/h2-10,15H,11H2,1H3. The van der Waals surface area contributed by atoms with Crippen LogP contribution in [0.15, 0.2) is 54.6 Å². The summed E-state index contributed by atoms with van der Waals surface area (Å²) in [6, 6.07) is 16.4. The summed E-state index contributed by atoms with van der Waals surface area (Å²) < 4.78 is 26.5. The van der Waals surface area contributed by atoms with Crippen molar-refractivity contribution >= 4 is 15.7 Å².